The zero-order chi connectivity index (χ0) is 18.0. The Morgan fingerprint density at radius 2 is 1.84 bits per heavy atom. The van der Waals surface area contributed by atoms with Crippen LogP contribution in [0.1, 0.15) is 29.8 Å². The average Bonchev–Trinajstić information content (AvgIpc) is 2.79. The number of nitrogens with one attached hydrogen (secondary N) is 1. The molecule has 0 atom stereocenters. The number of hydrogen-bond acceptors (Lipinski definition) is 3. The molecule has 1 aliphatic heterocycles. The summed E-state index contributed by atoms with van der Waals surface area (Å²) >= 11 is 3.35. The van der Waals surface area contributed by atoms with Crippen LogP contribution in [-0.4, -0.2) is 19.2 Å². The summed E-state index contributed by atoms with van der Waals surface area (Å²) in [6.07, 6.45) is 3.58. The van der Waals surface area contributed by atoms with E-state index in [1.807, 2.05) is 31.3 Å². The Kier molecular flexibility index (Phi) is 4.77. The van der Waals surface area contributed by atoms with Crippen LogP contribution in [0.25, 0.3) is 0 Å². The molecule has 0 bridgehead atoms. The van der Waals surface area contributed by atoms with Gasteiger partial charge in [0.15, 0.2) is 0 Å². The van der Waals surface area contributed by atoms with Crippen molar-refractivity contribution in [1.82, 2.24) is 5.43 Å². The van der Waals surface area contributed by atoms with Crippen LogP contribution < -0.4 is 10.3 Å². The molecular formula is C20H20BrN3O. The number of rotatable bonds is 3. The van der Waals surface area contributed by atoms with Crippen LogP contribution >= 0.6 is 15.9 Å². The molecule has 0 saturated heterocycles. The highest BCUT2D eigenvalue weighted by atomic mass is 79.9. The van der Waals surface area contributed by atoms with E-state index in [0.29, 0.717) is 5.56 Å². The van der Waals surface area contributed by atoms with E-state index in [4.69, 9.17) is 0 Å². The molecule has 1 aliphatic rings. The molecule has 2 aromatic carbocycles. The third-order valence-corrected chi connectivity index (χ3v) is 5.05. The number of carbonyl (C=O) groups is 1. The number of allylic oxidation sites excluding steroid dienone is 2. The van der Waals surface area contributed by atoms with E-state index in [9.17, 15) is 4.79 Å². The van der Waals surface area contributed by atoms with Crippen LogP contribution in [0.15, 0.2) is 69.9 Å². The molecule has 0 aliphatic carbocycles. The lowest BCUT2D eigenvalue weighted by atomic mass is 9.84. The molecule has 1 amide bonds. The number of halogens is 1. The van der Waals surface area contributed by atoms with Gasteiger partial charge in [0.1, 0.15) is 0 Å². The van der Waals surface area contributed by atoms with Crippen LogP contribution in [0, 0.1) is 0 Å². The van der Waals surface area contributed by atoms with Crippen molar-refractivity contribution in [2.24, 2.45) is 5.10 Å². The standard InChI is InChI=1S/C20H20BrN3O/c1-20(2)16-6-4-5-7-17(16)24(3)18(20)12-13-22-23-19(25)14-8-10-15(21)11-9-14/h4-13H,1-3H3,(H,23,25)/b18-12-,22-13-. The lowest BCUT2D eigenvalue weighted by molar-refractivity contribution is 0.0955. The topological polar surface area (TPSA) is 44.7 Å². The number of hydrogen-bond donors (Lipinski definition) is 1. The summed E-state index contributed by atoms with van der Waals surface area (Å²) in [6, 6.07) is 15.5. The first-order valence-corrected chi connectivity index (χ1v) is 8.83. The number of hydrazone groups is 1. The molecule has 0 saturated carbocycles. The van der Waals surface area contributed by atoms with Crippen molar-refractivity contribution < 1.29 is 4.79 Å². The van der Waals surface area contributed by atoms with Gasteiger partial charge in [0.2, 0.25) is 0 Å². The second-order valence-corrected chi connectivity index (χ2v) is 7.39. The first-order chi connectivity index (χ1) is 11.9. The monoisotopic (exact) mass is 397 g/mol. The third-order valence-electron chi connectivity index (χ3n) is 4.52. The van der Waals surface area contributed by atoms with Gasteiger partial charge in [0, 0.05) is 40.1 Å². The molecule has 1 N–H and O–H groups in total. The molecule has 3 rings (SSSR count). The van der Waals surface area contributed by atoms with Gasteiger partial charge in [-0.2, -0.15) is 5.10 Å². The minimum atomic E-state index is -0.232. The molecule has 0 aromatic heterocycles. The molecule has 0 unspecified atom stereocenters. The van der Waals surface area contributed by atoms with Gasteiger partial charge in [-0.3, -0.25) is 4.79 Å². The predicted molar refractivity (Wildman–Crippen MR) is 106 cm³/mol. The minimum absolute atomic E-state index is 0.104. The Morgan fingerprint density at radius 1 is 1.16 bits per heavy atom. The fourth-order valence-corrected chi connectivity index (χ4v) is 3.44. The summed E-state index contributed by atoms with van der Waals surface area (Å²) in [6.45, 7) is 4.38. The van der Waals surface area contributed by atoms with Crippen molar-refractivity contribution in [3.05, 3.63) is 75.9 Å². The van der Waals surface area contributed by atoms with Crippen molar-refractivity contribution in [3.8, 4) is 0 Å². The van der Waals surface area contributed by atoms with E-state index in [1.54, 1.807) is 18.3 Å². The number of benzene rings is 2. The number of para-hydroxylation sites is 1. The van der Waals surface area contributed by atoms with Gasteiger partial charge >= 0.3 is 0 Å². The maximum Gasteiger partial charge on any atom is 0.271 e. The first-order valence-electron chi connectivity index (χ1n) is 8.04. The van der Waals surface area contributed by atoms with E-state index < -0.39 is 0 Å². The summed E-state index contributed by atoms with van der Waals surface area (Å²) in [5, 5.41) is 4.06. The molecule has 1 heterocycles. The van der Waals surface area contributed by atoms with E-state index in [0.717, 1.165) is 10.2 Å². The van der Waals surface area contributed by atoms with E-state index in [1.165, 1.54) is 11.3 Å². The summed E-state index contributed by atoms with van der Waals surface area (Å²) in [5.41, 5.74) is 6.64. The largest absolute Gasteiger partial charge is 0.347 e. The van der Waals surface area contributed by atoms with E-state index >= 15 is 0 Å². The Bertz CT molecular complexity index is 853. The highest BCUT2D eigenvalue weighted by Gasteiger charge is 2.37. The summed E-state index contributed by atoms with van der Waals surface area (Å²) in [7, 11) is 2.05. The van der Waals surface area contributed by atoms with Gasteiger partial charge in [-0.05, 0) is 42.0 Å². The zero-order valence-corrected chi connectivity index (χ0v) is 16.0. The lowest BCUT2D eigenvalue weighted by Crippen LogP contribution is -2.23. The first kappa shape index (κ1) is 17.4. The van der Waals surface area contributed by atoms with Gasteiger partial charge in [-0.1, -0.05) is 48.0 Å². The van der Waals surface area contributed by atoms with Gasteiger partial charge in [0.05, 0.1) is 0 Å². The number of anilines is 1. The second kappa shape index (κ2) is 6.84. The molecule has 25 heavy (non-hydrogen) atoms. The SMILES string of the molecule is CN1/C(=C\C=N/NC(=O)c2ccc(Br)cc2)C(C)(C)c2ccccc21. The molecule has 128 valence electrons. The summed E-state index contributed by atoms with van der Waals surface area (Å²) in [4.78, 5) is 14.2. The maximum atomic E-state index is 12.1. The molecule has 0 radical (unpaired) electrons. The average molecular weight is 398 g/mol. The maximum absolute atomic E-state index is 12.1. The molecule has 2 aromatic rings. The lowest BCUT2D eigenvalue weighted by Gasteiger charge is -2.23. The molecular weight excluding hydrogens is 378 g/mol. The van der Waals surface area contributed by atoms with Crippen molar-refractivity contribution in [2.75, 3.05) is 11.9 Å². The Morgan fingerprint density at radius 3 is 2.52 bits per heavy atom. The smallest absolute Gasteiger partial charge is 0.271 e. The fraction of sp³-hybridized carbons (Fsp3) is 0.200. The van der Waals surface area contributed by atoms with Crippen molar-refractivity contribution in [3.63, 3.8) is 0 Å². The van der Waals surface area contributed by atoms with E-state index in [2.05, 4.69) is 63.4 Å². The second-order valence-electron chi connectivity index (χ2n) is 6.48. The van der Waals surface area contributed by atoms with Crippen molar-refractivity contribution in [2.45, 2.75) is 19.3 Å². The van der Waals surface area contributed by atoms with Crippen molar-refractivity contribution in [1.29, 1.82) is 0 Å². The molecule has 0 spiro atoms. The van der Waals surface area contributed by atoms with Crippen LogP contribution in [0.5, 0.6) is 0 Å². The van der Waals surface area contributed by atoms with Crippen LogP contribution in [0.4, 0.5) is 5.69 Å². The van der Waals surface area contributed by atoms with Crippen LogP contribution in [0.2, 0.25) is 0 Å². The minimum Gasteiger partial charge on any atom is -0.347 e. The van der Waals surface area contributed by atoms with Gasteiger partial charge in [0.25, 0.3) is 5.91 Å². The Balaban J connectivity index is 1.73. The summed E-state index contributed by atoms with van der Waals surface area (Å²) in [5.74, 6) is -0.232. The number of fused-ring (bicyclic) bond motifs is 1. The highest BCUT2D eigenvalue weighted by molar-refractivity contribution is 9.10. The van der Waals surface area contributed by atoms with Gasteiger partial charge in [-0.25, -0.2) is 5.43 Å². The predicted octanol–water partition coefficient (Wildman–Crippen LogP) is 4.48. The number of amides is 1. The van der Waals surface area contributed by atoms with Crippen LogP contribution in [0.3, 0.4) is 0 Å². The number of likely N-dealkylation sites (N-methyl/N-ethyl adjacent to an activating group) is 1. The number of nitrogens with zero attached hydrogens (tertiary/aromatic N) is 2. The van der Waals surface area contributed by atoms with Gasteiger partial charge in [-0.15, -0.1) is 0 Å². The van der Waals surface area contributed by atoms with Crippen molar-refractivity contribution >= 4 is 33.7 Å². The molecule has 4 nitrogen and oxygen atoms in total. The number of carbonyl (C=O) groups excluding carboxylic acids is 1. The molecule has 0 fully saturated rings. The highest BCUT2D eigenvalue weighted by Crippen LogP contribution is 2.46. The Hall–Kier alpha value is -2.40. The normalized spacial score (nSPS) is 17.1. The third kappa shape index (κ3) is 3.37. The summed E-state index contributed by atoms with van der Waals surface area (Å²) < 4.78 is 0.934. The zero-order valence-electron chi connectivity index (χ0n) is 14.5. The Labute approximate surface area is 156 Å². The van der Waals surface area contributed by atoms with Crippen LogP contribution in [-0.2, 0) is 5.41 Å². The quantitative estimate of drug-likeness (QED) is 0.612. The van der Waals surface area contributed by atoms with Gasteiger partial charge < -0.3 is 4.90 Å². The molecule has 5 heteroatoms. The van der Waals surface area contributed by atoms with E-state index in [-0.39, 0.29) is 11.3 Å². The fourth-order valence-electron chi connectivity index (χ4n) is 3.17.